The van der Waals surface area contributed by atoms with Crippen molar-refractivity contribution in [3.05, 3.63) is 0 Å². The molecular weight excluding hydrogens is 167 g/mol. The molecule has 0 aromatic heterocycles. The van der Waals surface area contributed by atoms with Crippen LogP contribution in [-0.4, -0.2) is 51.3 Å². The summed E-state index contributed by atoms with van der Waals surface area (Å²) in [6.45, 7) is 0. The van der Waals surface area contributed by atoms with Crippen LogP contribution in [0.25, 0.3) is 0 Å². The summed E-state index contributed by atoms with van der Waals surface area (Å²) in [4.78, 5) is 29.3. The van der Waals surface area contributed by atoms with Gasteiger partial charge in [-0.15, -0.1) is 0 Å². The van der Waals surface area contributed by atoms with Gasteiger partial charge in [-0.05, 0) is 0 Å². The van der Waals surface area contributed by atoms with Crippen LogP contribution in [0.4, 0.5) is 0 Å². The van der Waals surface area contributed by atoms with Crippen LogP contribution in [0, 0.1) is 0 Å². The Morgan fingerprint density at radius 3 is 0.857 bits per heavy atom. The van der Waals surface area contributed by atoms with E-state index in [1.807, 2.05) is 0 Å². The Kier molecular flexibility index (Phi) is 12.5. The molecule has 0 aromatic rings. The minimum atomic E-state index is -4.61. The molecule has 0 aliphatic heterocycles. The molecule has 4 nitrogen and oxygen atoms in total. The van der Waals surface area contributed by atoms with Crippen LogP contribution in [0.3, 0.4) is 0 Å². The smallest absolute Gasteiger partial charge is 0.368 e. The molecule has 0 aliphatic carbocycles. The Balaban J connectivity index is -0.0000000800. The molecule has 0 rings (SSSR count). The molecule has 0 atom stereocenters. The zero-order chi connectivity index (χ0) is 4.50. The van der Waals surface area contributed by atoms with E-state index in [-0.39, 0.29) is 41.6 Å². The predicted molar refractivity (Wildman–Crippen MR) is 20.4 cm³/mol. The van der Waals surface area contributed by atoms with Gasteiger partial charge in [0.15, 0.2) is 0 Å². The molecule has 7 heavy (non-hydrogen) atoms. The Bertz CT molecular complexity index is 27.2. The summed E-state index contributed by atoms with van der Waals surface area (Å²) in [6, 6.07) is 0. The van der Waals surface area contributed by atoms with Gasteiger partial charge in [-0.25, -0.2) is 0 Å². The van der Waals surface area contributed by atoms with Crippen molar-refractivity contribution in [3.8, 4) is 0 Å². The SMILES string of the molecule is O[Si](O)(O)O.[Mg].[V]. The molecular formula is H4MgO4SiV. The third-order valence-corrected chi connectivity index (χ3v) is 0. The summed E-state index contributed by atoms with van der Waals surface area (Å²) in [5, 5.41) is 0. The van der Waals surface area contributed by atoms with E-state index in [1.54, 1.807) is 0 Å². The second kappa shape index (κ2) is 5.54. The normalized spacial score (nSPS) is 8.57. The molecule has 0 saturated heterocycles. The number of rotatable bonds is 0. The van der Waals surface area contributed by atoms with Crippen molar-refractivity contribution in [2.45, 2.75) is 0 Å². The molecule has 0 bridgehead atoms. The molecule has 0 aliphatic rings. The van der Waals surface area contributed by atoms with Gasteiger partial charge in [0, 0.05) is 41.6 Å². The average Bonchev–Trinajstić information content (AvgIpc) is 0.722. The first-order valence-corrected chi connectivity index (χ1v) is 2.68. The maximum atomic E-state index is 7.33. The van der Waals surface area contributed by atoms with Crippen molar-refractivity contribution in [1.29, 1.82) is 0 Å². The maximum absolute atomic E-state index is 7.33. The van der Waals surface area contributed by atoms with Crippen molar-refractivity contribution < 1.29 is 37.7 Å². The molecule has 0 amide bonds. The van der Waals surface area contributed by atoms with Crippen LogP contribution in [-0.2, 0) is 18.6 Å². The van der Waals surface area contributed by atoms with Crippen molar-refractivity contribution in [3.63, 3.8) is 0 Å². The van der Waals surface area contributed by atoms with Crippen molar-refractivity contribution in [2.75, 3.05) is 0 Å². The minimum absolute atomic E-state index is 0. The van der Waals surface area contributed by atoms with Gasteiger partial charge < -0.3 is 19.2 Å². The molecule has 0 saturated carbocycles. The molecule has 39 valence electrons. The molecule has 0 unspecified atom stereocenters. The monoisotopic (exact) mass is 171 g/mol. The standard InChI is InChI=1S/Mg.H4O4Si.V/c;1-5(2,3)4;/h;1-4H;. The van der Waals surface area contributed by atoms with Gasteiger partial charge >= 0.3 is 9.05 Å². The first-order chi connectivity index (χ1) is 2.00. The summed E-state index contributed by atoms with van der Waals surface area (Å²) < 4.78 is 0. The Hall–Kier alpha value is 1.41. The number of hydrogen-bond acceptors (Lipinski definition) is 4. The van der Waals surface area contributed by atoms with Crippen molar-refractivity contribution >= 4 is 32.1 Å². The van der Waals surface area contributed by atoms with E-state index >= 15 is 0 Å². The topological polar surface area (TPSA) is 80.9 Å². The summed E-state index contributed by atoms with van der Waals surface area (Å²) >= 11 is 0. The Morgan fingerprint density at radius 1 is 0.857 bits per heavy atom. The van der Waals surface area contributed by atoms with Crippen LogP contribution in [0.5, 0.6) is 0 Å². The number of hydrogen-bond donors (Lipinski definition) is 4. The largest absolute Gasteiger partial charge is 0.668 e. The second-order valence-corrected chi connectivity index (χ2v) is 1.80. The first kappa shape index (κ1) is 15.8. The maximum Gasteiger partial charge on any atom is 0.668 e. The van der Waals surface area contributed by atoms with Crippen LogP contribution >= 0.6 is 0 Å². The summed E-state index contributed by atoms with van der Waals surface area (Å²) in [6.07, 6.45) is 0. The zero-order valence-corrected chi connectivity index (χ0v) is 7.25. The van der Waals surface area contributed by atoms with E-state index in [2.05, 4.69) is 0 Å². The van der Waals surface area contributed by atoms with Gasteiger partial charge in [-0.1, -0.05) is 0 Å². The summed E-state index contributed by atoms with van der Waals surface area (Å²) in [5.41, 5.74) is 0. The van der Waals surface area contributed by atoms with Crippen LogP contribution in [0.15, 0.2) is 0 Å². The minimum Gasteiger partial charge on any atom is -0.368 e. The van der Waals surface area contributed by atoms with Gasteiger partial charge in [-0.3, -0.25) is 0 Å². The van der Waals surface area contributed by atoms with Crippen LogP contribution in [0.1, 0.15) is 0 Å². The second-order valence-electron chi connectivity index (χ2n) is 0.600. The van der Waals surface area contributed by atoms with Crippen LogP contribution in [0.2, 0.25) is 0 Å². The van der Waals surface area contributed by atoms with E-state index in [9.17, 15) is 0 Å². The molecule has 0 heterocycles. The quantitative estimate of drug-likeness (QED) is 0.293. The summed E-state index contributed by atoms with van der Waals surface area (Å²) in [5.74, 6) is 0. The predicted octanol–water partition coefficient (Wildman–Crippen LogP) is -2.99. The fraction of sp³-hybridized carbons (Fsp3) is 0. The van der Waals surface area contributed by atoms with Crippen molar-refractivity contribution in [2.24, 2.45) is 0 Å². The third-order valence-electron chi connectivity index (χ3n) is 0. The van der Waals surface area contributed by atoms with E-state index < -0.39 is 9.05 Å². The third kappa shape index (κ3) is 109. The fourth-order valence-electron chi connectivity index (χ4n) is 0. The van der Waals surface area contributed by atoms with Gasteiger partial charge in [0.1, 0.15) is 0 Å². The Morgan fingerprint density at radius 2 is 0.857 bits per heavy atom. The van der Waals surface area contributed by atoms with E-state index in [0.29, 0.717) is 0 Å². The van der Waals surface area contributed by atoms with E-state index in [4.69, 9.17) is 19.2 Å². The molecule has 3 radical (unpaired) electrons. The van der Waals surface area contributed by atoms with E-state index in [1.165, 1.54) is 0 Å². The molecule has 0 aromatic carbocycles. The Labute approximate surface area is 69.7 Å². The van der Waals surface area contributed by atoms with Crippen LogP contribution < -0.4 is 0 Å². The average molecular weight is 171 g/mol. The van der Waals surface area contributed by atoms with Crippen molar-refractivity contribution in [1.82, 2.24) is 0 Å². The molecule has 0 spiro atoms. The summed E-state index contributed by atoms with van der Waals surface area (Å²) in [7, 11) is -4.61. The molecule has 7 heteroatoms. The molecule has 4 N–H and O–H groups in total. The first-order valence-electron chi connectivity index (χ1n) is 0.894. The van der Waals surface area contributed by atoms with Gasteiger partial charge in [-0.2, -0.15) is 0 Å². The van der Waals surface area contributed by atoms with Gasteiger partial charge in [0.2, 0.25) is 0 Å². The fourth-order valence-corrected chi connectivity index (χ4v) is 0. The van der Waals surface area contributed by atoms with Gasteiger partial charge in [0.25, 0.3) is 0 Å². The zero-order valence-electron chi connectivity index (χ0n) is 3.44. The molecule has 0 fully saturated rings. The van der Waals surface area contributed by atoms with E-state index in [0.717, 1.165) is 0 Å². The van der Waals surface area contributed by atoms with Gasteiger partial charge in [0.05, 0.1) is 0 Å².